The van der Waals surface area contributed by atoms with Crippen molar-refractivity contribution in [3.8, 4) is 0 Å². The molecule has 0 aliphatic carbocycles. The van der Waals surface area contributed by atoms with Crippen molar-refractivity contribution in [1.82, 2.24) is 4.90 Å². The minimum absolute atomic E-state index is 0.0903. The van der Waals surface area contributed by atoms with E-state index in [2.05, 4.69) is 0 Å². The molecule has 0 aromatic heterocycles. The van der Waals surface area contributed by atoms with E-state index in [0.29, 0.717) is 19.4 Å². The number of amides is 1. The maximum atomic E-state index is 11.6. The van der Waals surface area contributed by atoms with Crippen LogP contribution in [0.4, 0.5) is 0 Å². The third-order valence-corrected chi connectivity index (χ3v) is 2.58. The number of hydrogen-bond donors (Lipinski definition) is 1. The largest absolute Gasteiger partial charge is 0.479 e. The normalized spacial score (nSPS) is 22.0. The molecule has 1 amide bonds. The smallest absolute Gasteiger partial charge is 0.344 e. The molecule has 1 aliphatic heterocycles. The molecule has 0 spiro atoms. The zero-order valence-corrected chi connectivity index (χ0v) is 9.30. The number of ether oxygens (including phenoxy) is 1. The first-order chi connectivity index (χ1) is 7.47. The Morgan fingerprint density at radius 1 is 1.62 bits per heavy atom. The third kappa shape index (κ3) is 2.50. The van der Waals surface area contributed by atoms with Gasteiger partial charge in [0.25, 0.3) is 0 Å². The van der Waals surface area contributed by atoms with E-state index in [0.717, 1.165) is 0 Å². The molecule has 0 radical (unpaired) electrons. The fourth-order valence-electron chi connectivity index (χ4n) is 1.68. The van der Waals surface area contributed by atoms with Crippen LogP contribution >= 0.6 is 0 Å². The molecular weight excluding hydrogens is 214 g/mol. The molecule has 1 unspecified atom stereocenters. The summed E-state index contributed by atoms with van der Waals surface area (Å²) in [5.74, 6) is -1.92. The molecule has 0 bridgehead atoms. The molecule has 1 saturated heterocycles. The van der Waals surface area contributed by atoms with E-state index in [9.17, 15) is 14.4 Å². The number of carboxylic acids is 1. The molecule has 1 fully saturated rings. The van der Waals surface area contributed by atoms with Gasteiger partial charge in [0.2, 0.25) is 5.91 Å². The molecule has 1 N–H and O–H groups in total. The Balaban J connectivity index is 2.61. The highest BCUT2D eigenvalue weighted by Gasteiger charge is 2.37. The van der Waals surface area contributed by atoms with E-state index >= 15 is 0 Å². The quantitative estimate of drug-likeness (QED) is 0.687. The van der Waals surface area contributed by atoms with Crippen LogP contribution in [-0.2, 0) is 19.1 Å². The summed E-state index contributed by atoms with van der Waals surface area (Å²) in [6.45, 7) is 3.48. The van der Waals surface area contributed by atoms with Gasteiger partial charge in [-0.1, -0.05) is 0 Å². The van der Waals surface area contributed by atoms with Crippen molar-refractivity contribution >= 4 is 17.8 Å². The highest BCUT2D eigenvalue weighted by atomic mass is 16.6. The van der Waals surface area contributed by atoms with Gasteiger partial charge in [0.05, 0.1) is 0 Å². The second kappa shape index (κ2) is 4.96. The number of likely N-dealkylation sites (N-methyl/N-ethyl adjacent to an activating group) is 1. The number of hydrogen-bond acceptors (Lipinski definition) is 4. The van der Waals surface area contributed by atoms with Crippen LogP contribution in [0.3, 0.4) is 0 Å². The van der Waals surface area contributed by atoms with Gasteiger partial charge >= 0.3 is 11.9 Å². The highest BCUT2D eigenvalue weighted by Crippen LogP contribution is 2.19. The van der Waals surface area contributed by atoms with Crippen molar-refractivity contribution in [1.29, 1.82) is 0 Å². The molecule has 1 aliphatic rings. The molecule has 1 rings (SSSR count). The number of rotatable bonds is 4. The monoisotopic (exact) mass is 229 g/mol. The molecule has 16 heavy (non-hydrogen) atoms. The topological polar surface area (TPSA) is 83.9 Å². The minimum atomic E-state index is -1.19. The number of likely N-dealkylation sites (tertiary alicyclic amines) is 1. The van der Waals surface area contributed by atoms with Crippen molar-refractivity contribution in [3.05, 3.63) is 0 Å². The Morgan fingerprint density at radius 2 is 2.25 bits per heavy atom. The molecule has 0 aromatic rings. The van der Waals surface area contributed by atoms with E-state index in [1.54, 1.807) is 6.92 Å². The minimum Gasteiger partial charge on any atom is -0.479 e. The van der Waals surface area contributed by atoms with Gasteiger partial charge in [-0.05, 0) is 20.3 Å². The number of aliphatic carboxylic acids is 1. The van der Waals surface area contributed by atoms with Crippen LogP contribution in [0.5, 0.6) is 0 Å². The van der Waals surface area contributed by atoms with E-state index in [1.807, 2.05) is 0 Å². The van der Waals surface area contributed by atoms with Crippen molar-refractivity contribution in [2.75, 3.05) is 6.54 Å². The van der Waals surface area contributed by atoms with Crippen LogP contribution in [0.2, 0.25) is 0 Å². The molecule has 0 saturated carbocycles. The summed E-state index contributed by atoms with van der Waals surface area (Å²) in [7, 11) is 0. The first-order valence-electron chi connectivity index (χ1n) is 5.20. The second-order valence-electron chi connectivity index (χ2n) is 3.65. The molecular formula is C10H15NO5. The predicted octanol–water partition coefficient (Wildman–Crippen LogP) is 0.0136. The molecule has 1 heterocycles. The molecule has 2 atom stereocenters. The molecule has 90 valence electrons. The Kier molecular flexibility index (Phi) is 3.87. The summed E-state index contributed by atoms with van der Waals surface area (Å²) in [6.07, 6.45) is -0.464. The predicted molar refractivity (Wildman–Crippen MR) is 53.6 cm³/mol. The van der Waals surface area contributed by atoms with Crippen molar-refractivity contribution < 1.29 is 24.2 Å². The number of carbonyl (C=O) groups is 3. The van der Waals surface area contributed by atoms with Gasteiger partial charge < -0.3 is 14.7 Å². The molecule has 0 aromatic carbocycles. The van der Waals surface area contributed by atoms with Crippen LogP contribution in [0, 0.1) is 0 Å². The summed E-state index contributed by atoms with van der Waals surface area (Å²) in [5, 5.41) is 8.59. The summed E-state index contributed by atoms with van der Waals surface area (Å²) in [6, 6.07) is -0.626. The lowest BCUT2D eigenvalue weighted by Gasteiger charge is -2.22. The van der Waals surface area contributed by atoms with Gasteiger partial charge in [-0.3, -0.25) is 4.79 Å². The fourth-order valence-corrected chi connectivity index (χ4v) is 1.68. The van der Waals surface area contributed by atoms with Gasteiger partial charge in [-0.2, -0.15) is 0 Å². The Hall–Kier alpha value is -1.59. The Labute approximate surface area is 93.2 Å². The van der Waals surface area contributed by atoms with E-state index in [4.69, 9.17) is 9.84 Å². The molecule has 6 nitrogen and oxygen atoms in total. The average molecular weight is 229 g/mol. The molecule has 6 heteroatoms. The maximum absolute atomic E-state index is 11.6. The Bertz CT molecular complexity index is 314. The zero-order valence-electron chi connectivity index (χ0n) is 9.30. The van der Waals surface area contributed by atoms with Crippen LogP contribution < -0.4 is 0 Å². The van der Waals surface area contributed by atoms with Crippen LogP contribution in [0.1, 0.15) is 26.7 Å². The number of esters is 1. The van der Waals surface area contributed by atoms with Gasteiger partial charge in [0, 0.05) is 13.0 Å². The summed E-state index contributed by atoms with van der Waals surface area (Å²) >= 11 is 0. The van der Waals surface area contributed by atoms with Gasteiger partial charge in [0.15, 0.2) is 6.10 Å². The first-order valence-corrected chi connectivity index (χ1v) is 5.20. The van der Waals surface area contributed by atoms with Crippen molar-refractivity contribution in [2.45, 2.75) is 38.8 Å². The lowest BCUT2D eigenvalue weighted by atomic mass is 10.2. The van der Waals surface area contributed by atoms with Crippen LogP contribution in [0.25, 0.3) is 0 Å². The standard InChI is InChI=1S/C10H15NO5/c1-3-11-7(4-5-8(11)12)10(15)16-6(2)9(13)14/h6-7H,3-5H2,1-2H3,(H,13,14)/t6?,7-/m0/s1. The van der Waals surface area contributed by atoms with E-state index in [-0.39, 0.29) is 5.91 Å². The lowest BCUT2D eigenvalue weighted by molar-refractivity contribution is -0.166. The fraction of sp³-hybridized carbons (Fsp3) is 0.700. The maximum Gasteiger partial charge on any atom is 0.344 e. The number of carbonyl (C=O) groups excluding carboxylic acids is 2. The van der Waals surface area contributed by atoms with Gasteiger partial charge in [0.1, 0.15) is 6.04 Å². The highest BCUT2D eigenvalue weighted by molar-refractivity contribution is 5.89. The first kappa shape index (κ1) is 12.5. The van der Waals surface area contributed by atoms with E-state index < -0.39 is 24.1 Å². The van der Waals surface area contributed by atoms with Crippen molar-refractivity contribution in [3.63, 3.8) is 0 Å². The number of nitrogens with zero attached hydrogens (tertiary/aromatic N) is 1. The SMILES string of the molecule is CCN1C(=O)CC[C@H]1C(=O)OC(C)C(=O)O. The summed E-state index contributed by atoms with van der Waals surface area (Å²) < 4.78 is 4.74. The van der Waals surface area contributed by atoms with Crippen LogP contribution in [-0.4, -0.2) is 46.5 Å². The Morgan fingerprint density at radius 3 is 2.75 bits per heavy atom. The zero-order chi connectivity index (χ0) is 12.3. The summed E-state index contributed by atoms with van der Waals surface area (Å²) in [4.78, 5) is 34.9. The lowest BCUT2D eigenvalue weighted by Crippen LogP contribution is -2.41. The number of carboxylic acid groups (broad SMARTS) is 1. The van der Waals surface area contributed by atoms with Crippen LogP contribution in [0.15, 0.2) is 0 Å². The van der Waals surface area contributed by atoms with E-state index in [1.165, 1.54) is 11.8 Å². The summed E-state index contributed by atoms with van der Waals surface area (Å²) in [5.41, 5.74) is 0. The van der Waals surface area contributed by atoms with Gasteiger partial charge in [-0.15, -0.1) is 0 Å². The van der Waals surface area contributed by atoms with Gasteiger partial charge in [-0.25, -0.2) is 9.59 Å². The average Bonchev–Trinajstić information content (AvgIpc) is 2.59. The third-order valence-electron chi connectivity index (χ3n) is 2.58. The second-order valence-corrected chi connectivity index (χ2v) is 3.65. The van der Waals surface area contributed by atoms with Crippen molar-refractivity contribution in [2.24, 2.45) is 0 Å².